The summed E-state index contributed by atoms with van der Waals surface area (Å²) in [5.74, 6) is -2.04. The summed E-state index contributed by atoms with van der Waals surface area (Å²) in [6, 6.07) is 3.27. The molecular formula is C18H19F2N5O3S2. The van der Waals surface area contributed by atoms with Gasteiger partial charge in [0.1, 0.15) is 22.6 Å². The number of benzene rings is 1. The van der Waals surface area contributed by atoms with E-state index in [-0.39, 0.29) is 22.9 Å². The van der Waals surface area contributed by atoms with Gasteiger partial charge in [-0.2, -0.15) is 9.47 Å². The quantitative estimate of drug-likeness (QED) is 0.612. The van der Waals surface area contributed by atoms with E-state index >= 15 is 0 Å². The van der Waals surface area contributed by atoms with Crippen molar-refractivity contribution in [3.63, 3.8) is 0 Å². The lowest BCUT2D eigenvalue weighted by molar-refractivity contribution is 0.178. The van der Waals surface area contributed by atoms with Crippen molar-refractivity contribution in [2.45, 2.75) is 43.1 Å². The van der Waals surface area contributed by atoms with Gasteiger partial charge in [0.2, 0.25) is 5.13 Å². The van der Waals surface area contributed by atoms with Crippen molar-refractivity contribution >= 4 is 26.7 Å². The Hall–Kier alpha value is -2.60. The predicted octanol–water partition coefficient (Wildman–Crippen LogP) is 3.37. The monoisotopic (exact) mass is 455 g/mol. The number of hydrogen-bond donors (Lipinski definition) is 1. The van der Waals surface area contributed by atoms with Crippen LogP contribution in [0.4, 0.5) is 13.9 Å². The molecule has 12 heteroatoms. The maximum Gasteiger partial charge on any atom is 0.266 e. The molecule has 1 aromatic carbocycles. The van der Waals surface area contributed by atoms with Gasteiger partial charge in [0.05, 0.1) is 0 Å². The van der Waals surface area contributed by atoms with Crippen LogP contribution in [-0.4, -0.2) is 33.7 Å². The van der Waals surface area contributed by atoms with Gasteiger partial charge in [0.25, 0.3) is 10.0 Å². The second kappa shape index (κ2) is 7.91. The summed E-state index contributed by atoms with van der Waals surface area (Å²) in [5.41, 5.74) is 0.953. The summed E-state index contributed by atoms with van der Waals surface area (Å²) in [5, 5.41) is 4.12. The van der Waals surface area contributed by atoms with Gasteiger partial charge in [-0.1, -0.05) is 0 Å². The molecule has 0 radical (unpaired) electrons. The van der Waals surface area contributed by atoms with Crippen LogP contribution < -0.4 is 9.46 Å². The zero-order valence-corrected chi connectivity index (χ0v) is 17.8. The van der Waals surface area contributed by atoms with Gasteiger partial charge >= 0.3 is 0 Å². The van der Waals surface area contributed by atoms with Crippen LogP contribution in [0.25, 0.3) is 0 Å². The Morgan fingerprint density at radius 2 is 2.07 bits per heavy atom. The Morgan fingerprint density at radius 1 is 1.27 bits per heavy atom. The molecule has 0 bridgehead atoms. The standard InChI is InChI=1S/C18H19F2N5O3S2/c1-10-22-18(29-23-10)24-30(26,27)17-9-12(19)16(8-13(17)20)28-15-5-3-4-11(15)14-6-7-21-25(14)2/h6-9,11,15H,3-5H2,1-2H3,(H,22,23,24)/t11-,15+/m1/s1. The molecule has 0 spiro atoms. The zero-order chi connectivity index (χ0) is 21.5. The van der Waals surface area contributed by atoms with Crippen LogP contribution in [0.5, 0.6) is 5.75 Å². The first-order valence-corrected chi connectivity index (χ1v) is 11.5. The number of hydrogen-bond acceptors (Lipinski definition) is 7. The Morgan fingerprint density at radius 3 is 2.73 bits per heavy atom. The molecule has 1 N–H and O–H groups in total. The van der Waals surface area contributed by atoms with E-state index in [0.717, 1.165) is 36.1 Å². The maximum absolute atomic E-state index is 14.7. The van der Waals surface area contributed by atoms with Gasteiger partial charge in [0, 0.05) is 48.5 Å². The number of rotatable bonds is 6. The third-order valence-corrected chi connectivity index (χ3v) is 7.20. The highest BCUT2D eigenvalue weighted by Gasteiger charge is 2.33. The molecule has 0 aliphatic heterocycles. The fourth-order valence-electron chi connectivity index (χ4n) is 3.63. The Labute approximate surface area is 176 Å². The van der Waals surface area contributed by atoms with Crippen LogP contribution >= 0.6 is 11.5 Å². The van der Waals surface area contributed by atoms with E-state index in [0.29, 0.717) is 18.3 Å². The van der Waals surface area contributed by atoms with E-state index in [1.807, 2.05) is 13.1 Å². The molecule has 4 rings (SSSR count). The zero-order valence-electron chi connectivity index (χ0n) is 16.2. The number of aryl methyl sites for hydroxylation is 2. The molecular weight excluding hydrogens is 436 g/mol. The molecule has 3 aromatic rings. The van der Waals surface area contributed by atoms with Crippen LogP contribution in [-0.2, 0) is 17.1 Å². The van der Waals surface area contributed by atoms with E-state index < -0.39 is 26.6 Å². The maximum atomic E-state index is 14.7. The fraction of sp³-hybridized carbons (Fsp3) is 0.389. The van der Waals surface area contributed by atoms with Gasteiger partial charge in [0.15, 0.2) is 11.6 Å². The van der Waals surface area contributed by atoms with Gasteiger partial charge in [-0.15, -0.1) is 0 Å². The van der Waals surface area contributed by atoms with E-state index in [1.54, 1.807) is 17.8 Å². The first kappa shape index (κ1) is 20.7. The van der Waals surface area contributed by atoms with Gasteiger partial charge in [-0.3, -0.25) is 9.40 Å². The minimum absolute atomic E-state index is 0.00863. The third-order valence-electron chi connectivity index (χ3n) is 4.99. The van der Waals surface area contributed by atoms with E-state index in [1.165, 1.54) is 0 Å². The molecule has 1 aliphatic carbocycles. The molecule has 1 saturated carbocycles. The van der Waals surface area contributed by atoms with Crippen LogP contribution in [0.1, 0.15) is 36.7 Å². The topological polar surface area (TPSA) is 99.0 Å². The molecule has 160 valence electrons. The summed E-state index contributed by atoms with van der Waals surface area (Å²) in [6.45, 7) is 1.59. The number of nitrogens with zero attached hydrogens (tertiary/aromatic N) is 4. The van der Waals surface area contributed by atoms with E-state index in [4.69, 9.17) is 4.74 Å². The lowest BCUT2D eigenvalue weighted by Crippen LogP contribution is -2.23. The lowest BCUT2D eigenvalue weighted by atomic mass is 10.0. The Bertz CT molecular complexity index is 1180. The number of aromatic nitrogens is 4. The largest absolute Gasteiger partial charge is 0.487 e. The molecule has 0 amide bonds. The smallest absolute Gasteiger partial charge is 0.266 e. The summed E-state index contributed by atoms with van der Waals surface area (Å²) in [7, 11) is -2.56. The highest BCUT2D eigenvalue weighted by molar-refractivity contribution is 7.93. The van der Waals surface area contributed by atoms with Gasteiger partial charge in [-0.25, -0.2) is 22.2 Å². The number of ether oxygens (including phenoxy) is 1. The number of sulfonamides is 1. The van der Waals surface area contributed by atoms with Gasteiger partial charge < -0.3 is 4.74 Å². The molecule has 2 heterocycles. The third kappa shape index (κ3) is 4.01. The fourth-order valence-corrected chi connectivity index (χ4v) is 5.50. The molecule has 8 nitrogen and oxygen atoms in total. The van der Waals surface area contributed by atoms with Crippen molar-refractivity contribution in [3.8, 4) is 5.75 Å². The van der Waals surface area contributed by atoms with Crippen molar-refractivity contribution < 1.29 is 21.9 Å². The normalized spacial score (nSPS) is 19.2. The molecule has 1 fully saturated rings. The number of nitrogens with one attached hydrogen (secondary N) is 1. The Balaban J connectivity index is 1.57. The lowest BCUT2D eigenvalue weighted by Gasteiger charge is -2.22. The number of halogens is 2. The predicted molar refractivity (Wildman–Crippen MR) is 106 cm³/mol. The average Bonchev–Trinajstić information content (AvgIpc) is 3.39. The molecule has 0 unspecified atom stereocenters. The van der Waals surface area contributed by atoms with Crippen LogP contribution in [0.3, 0.4) is 0 Å². The second-order valence-corrected chi connectivity index (χ2v) is 9.44. The van der Waals surface area contributed by atoms with Crippen LogP contribution in [0, 0.1) is 18.6 Å². The summed E-state index contributed by atoms with van der Waals surface area (Å²) in [4.78, 5) is 3.04. The van der Waals surface area contributed by atoms with Crippen molar-refractivity contribution in [2.75, 3.05) is 4.72 Å². The van der Waals surface area contributed by atoms with Gasteiger partial charge in [-0.05, 0) is 32.3 Å². The van der Waals surface area contributed by atoms with Crippen molar-refractivity contribution in [3.05, 3.63) is 47.5 Å². The van der Waals surface area contributed by atoms with Crippen molar-refractivity contribution in [1.82, 2.24) is 19.1 Å². The SMILES string of the molecule is Cc1nsc(NS(=O)(=O)c2cc(F)c(O[C@H]3CCC[C@@H]3c3ccnn3C)cc2F)n1. The van der Waals surface area contributed by atoms with Crippen molar-refractivity contribution in [1.29, 1.82) is 0 Å². The molecule has 0 saturated heterocycles. The van der Waals surface area contributed by atoms with Crippen LogP contribution in [0.2, 0.25) is 0 Å². The highest BCUT2D eigenvalue weighted by Crippen LogP contribution is 2.38. The highest BCUT2D eigenvalue weighted by atomic mass is 32.2. The first-order chi connectivity index (χ1) is 14.2. The summed E-state index contributed by atoms with van der Waals surface area (Å²) in [6.07, 6.45) is 3.71. The van der Waals surface area contributed by atoms with Crippen LogP contribution in [0.15, 0.2) is 29.3 Å². The molecule has 1 aliphatic rings. The minimum atomic E-state index is -4.37. The number of anilines is 1. The summed E-state index contributed by atoms with van der Waals surface area (Å²) >= 11 is 0.806. The van der Waals surface area contributed by atoms with E-state index in [9.17, 15) is 17.2 Å². The van der Waals surface area contributed by atoms with E-state index in [2.05, 4.69) is 19.2 Å². The molecule has 30 heavy (non-hydrogen) atoms. The van der Waals surface area contributed by atoms with Crippen molar-refractivity contribution in [2.24, 2.45) is 7.05 Å². The first-order valence-electron chi connectivity index (χ1n) is 9.21. The Kier molecular flexibility index (Phi) is 5.45. The minimum Gasteiger partial charge on any atom is -0.487 e. The average molecular weight is 456 g/mol. The molecule has 2 atom stereocenters. The second-order valence-electron chi connectivity index (χ2n) is 7.04. The summed E-state index contributed by atoms with van der Waals surface area (Å²) < 4.78 is 67.7. The molecule has 2 aromatic heterocycles.